The molecule has 38 heavy (non-hydrogen) atoms. The summed E-state index contributed by atoms with van der Waals surface area (Å²) in [5.41, 5.74) is 16.6. The van der Waals surface area contributed by atoms with Crippen molar-refractivity contribution < 1.29 is 14.0 Å². The van der Waals surface area contributed by atoms with Crippen molar-refractivity contribution in [2.24, 2.45) is 5.92 Å². The molecule has 0 radical (unpaired) electrons. The zero-order chi connectivity index (χ0) is 27.7. The van der Waals surface area contributed by atoms with Crippen LogP contribution in [0.1, 0.15) is 127 Å². The number of fused-ring (bicyclic) bond motifs is 8. The number of carbonyl (C=O) groups is 2. The molecule has 2 atom stereocenters. The third kappa shape index (κ3) is 2.73. The summed E-state index contributed by atoms with van der Waals surface area (Å²) >= 11 is 0. The fourth-order valence-corrected chi connectivity index (χ4v) is 7.32. The van der Waals surface area contributed by atoms with Crippen LogP contribution >= 0.6 is 0 Å². The summed E-state index contributed by atoms with van der Waals surface area (Å²) < 4.78 is 6.60. The molecule has 3 aliphatic carbocycles. The van der Waals surface area contributed by atoms with Crippen LogP contribution in [0, 0.1) is 54.4 Å². The summed E-state index contributed by atoms with van der Waals surface area (Å²) in [6.45, 7) is 22.9. The van der Waals surface area contributed by atoms with Crippen molar-refractivity contribution >= 4 is 22.7 Å². The zero-order valence-electron chi connectivity index (χ0n) is 24.3. The minimum absolute atomic E-state index is 0.0807. The van der Waals surface area contributed by atoms with E-state index in [1.165, 1.54) is 33.4 Å². The van der Waals surface area contributed by atoms with Crippen molar-refractivity contribution in [3.05, 3.63) is 95.3 Å². The second-order valence-electron chi connectivity index (χ2n) is 11.7. The predicted octanol–water partition coefficient (Wildman–Crippen LogP) is 7.97. The van der Waals surface area contributed by atoms with Crippen LogP contribution < -0.4 is 0 Å². The molecule has 2 unspecified atom stereocenters. The first-order valence-corrected chi connectivity index (χ1v) is 13.5. The SMILES string of the molecule is CC1=C(C)C2C(C)=C(C)c3c(oc4c3C(=O)c3c(C)c(C)c(C)c(C)c3C4=O)C2c2nc(C)c(C)c(C)c21. The third-order valence-corrected chi connectivity index (χ3v) is 10.3. The molecule has 0 saturated carbocycles. The lowest BCUT2D eigenvalue weighted by Gasteiger charge is -2.39. The topological polar surface area (TPSA) is 60.2 Å². The Balaban J connectivity index is 1.71. The number of aromatic nitrogens is 1. The van der Waals surface area contributed by atoms with Crippen molar-refractivity contribution in [1.29, 1.82) is 0 Å². The molecule has 3 aliphatic rings. The first-order valence-electron chi connectivity index (χ1n) is 13.5. The van der Waals surface area contributed by atoms with Crippen molar-refractivity contribution in [3.63, 3.8) is 0 Å². The molecule has 2 aromatic heterocycles. The number of rotatable bonds is 0. The van der Waals surface area contributed by atoms with E-state index in [0.29, 0.717) is 22.5 Å². The maximum Gasteiger partial charge on any atom is 0.230 e. The minimum Gasteiger partial charge on any atom is -0.455 e. The summed E-state index contributed by atoms with van der Waals surface area (Å²) in [5.74, 6) is 0.528. The van der Waals surface area contributed by atoms with Gasteiger partial charge in [0.25, 0.3) is 0 Å². The molecule has 0 amide bonds. The summed E-state index contributed by atoms with van der Waals surface area (Å²) in [4.78, 5) is 33.5. The molecule has 0 aliphatic heterocycles. The number of nitrogens with zero attached hydrogens (tertiary/aromatic N) is 1. The molecule has 6 rings (SSSR count). The van der Waals surface area contributed by atoms with Gasteiger partial charge >= 0.3 is 0 Å². The van der Waals surface area contributed by atoms with Gasteiger partial charge in [-0.15, -0.1) is 0 Å². The lowest BCUT2D eigenvalue weighted by atomic mass is 9.64. The Labute approximate surface area is 224 Å². The number of ketones is 2. The van der Waals surface area contributed by atoms with E-state index in [9.17, 15) is 9.59 Å². The molecule has 4 heteroatoms. The lowest BCUT2D eigenvalue weighted by Crippen LogP contribution is -2.29. The molecule has 0 N–H and O–H groups in total. The second kappa shape index (κ2) is 7.75. The summed E-state index contributed by atoms with van der Waals surface area (Å²) in [7, 11) is 0. The lowest BCUT2D eigenvalue weighted by molar-refractivity contribution is 0.0957. The molecule has 1 aromatic carbocycles. The monoisotopic (exact) mass is 505 g/mol. The van der Waals surface area contributed by atoms with Crippen LogP contribution in [-0.2, 0) is 0 Å². The highest BCUT2D eigenvalue weighted by Crippen LogP contribution is 2.57. The Morgan fingerprint density at radius 3 is 1.61 bits per heavy atom. The number of furan rings is 1. The van der Waals surface area contributed by atoms with Crippen molar-refractivity contribution in [1.82, 2.24) is 4.98 Å². The summed E-state index contributed by atoms with van der Waals surface area (Å²) in [5, 5.41) is 0. The van der Waals surface area contributed by atoms with E-state index in [4.69, 9.17) is 9.40 Å². The molecular weight excluding hydrogens is 470 g/mol. The Hall–Kier alpha value is -3.53. The van der Waals surface area contributed by atoms with Crippen LogP contribution in [0.4, 0.5) is 0 Å². The predicted molar refractivity (Wildman–Crippen MR) is 151 cm³/mol. The van der Waals surface area contributed by atoms with Gasteiger partial charge in [-0.3, -0.25) is 14.6 Å². The Morgan fingerprint density at radius 1 is 0.526 bits per heavy atom. The highest BCUT2D eigenvalue weighted by atomic mass is 16.4. The average molecular weight is 506 g/mol. The van der Waals surface area contributed by atoms with Crippen LogP contribution in [0.5, 0.6) is 0 Å². The van der Waals surface area contributed by atoms with Crippen LogP contribution in [0.25, 0.3) is 11.1 Å². The number of benzene rings is 1. The van der Waals surface area contributed by atoms with Gasteiger partial charge in [0.1, 0.15) is 5.76 Å². The number of allylic oxidation sites excluding steroid dienone is 4. The van der Waals surface area contributed by atoms with E-state index in [1.807, 2.05) is 27.7 Å². The zero-order valence-corrected chi connectivity index (χ0v) is 24.3. The van der Waals surface area contributed by atoms with Crippen molar-refractivity contribution in [3.8, 4) is 0 Å². The van der Waals surface area contributed by atoms with E-state index in [1.54, 1.807) is 0 Å². The average Bonchev–Trinajstić information content (AvgIpc) is 3.28. The third-order valence-electron chi connectivity index (χ3n) is 10.3. The molecule has 0 fully saturated rings. The normalized spacial score (nSPS) is 19.9. The van der Waals surface area contributed by atoms with Gasteiger partial charge in [0.05, 0.1) is 17.2 Å². The van der Waals surface area contributed by atoms with Gasteiger partial charge in [-0.2, -0.15) is 0 Å². The standard InChI is InChI=1S/C34H35NO3/c1-12-13(2)16(5)26-25(15(12)4)31(36)29-27-21(10)19(8)23-18(7)20(9)24-17(6)14(3)22(11)35-30(24)28(23)33(27)38-34(29)32(26)37/h23,28H,1-11H3. The first-order chi connectivity index (χ1) is 17.8. The van der Waals surface area contributed by atoms with Crippen LogP contribution in [0.2, 0.25) is 0 Å². The van der Waals surface area contributed by atoms with Crippen molar-refractivity contribution in [2.75, 3.05) is 0 Å². The van der Waals surface area contributed by atoms with E-state index in [-0.39, 0.29) is 29.2 Å². The molecule has 4 nitrogen and oxygen atoms in total. The number of aryl methyl sites for hydroxylation is 1. The molecule has 0 spiro atoms. The Morgan fingerprint density at radius 2 is 1.03 bits per heavy atom. The fraction of sp³-hybridized carbons (Fsp3) is 0.382. The molecule has 0 bridgehead atoms. The quantitative estimate of drug-likeness (QED) is 0.243. The van der Waals surface area contributed by atoms with Gasteiger partial charge in [0, 0.05) is 33.9 Å². The van der Waals surface area contributed by atoms with Gasteiger partial charge in [-0.05, 0) is 121 Å². The van der Waals surface area contributed by atoms with Gasteiger partial charge < -0.3 is 4.42 Å². The summed E-state index contributed by atoms with van der Waals surface area (Å²) in [6, 6.07) is 0. The molecule has 0 saturated heterocycles. The number of pyridine rings is 1. The van der Waals surface area contributed by atoms with E-state index in [0.717, 1.165) is 44.8 Å². The van der Waals surface area contributed by atoms with Crippen LogP contribution in [-0.4, -0.2) is 16.6 Å². The number of hydrogen-bond acceptors (Lipinski definition) is 4. The first kappa shape index (κ1) is 24.8. The molecular formula is C34H35NO3. The van der Waals surface area contributed by atoms with Crippen LogP contribution in [0.15, 0.2) is 15.6 Å². The Bertz CT molecular complexity index is 1760. The Kier molecular flexibility index (Phi) is 5.06. The maximum atomic E-state index is 14.3. The van der Waals surface area contributed by atoms with Crippen molar-refractivity contribution in [2.45, 2.75) is 82.1 Å². The maximum absolute atomic E-state index is 14.3. The van der Waals surface area contributed by atoms with Gasteiger partial charge in [0.15, 0.2) is 11.5 Å². The summed E-state index contributed by atoms with van der Waals surface area (Å²) in [6.07, 6.45) is 0. The van der Waals surface area contributed by atoms with E-state index >= 15 is 0 Å². The highest BCUT2D eigenvalue weighted by Gasteiger charge is 2.48. The van der Waals surface area contributed by atoms with Crippen LogP contribution in [0.3, 0.4) is 0 Å². The minimum atomic E-state index is -0.182. The van der Waals surface area contributed by atoms with E-state index < -0.39 is 0 Å². The molecule has 194 valence electrons. The van der Waals surface area contributed by atoms with Gasteiger partial charge in [-0.1, -0.05) is 11.1 Å². The fourth-order valence-electron chi connectivity index (χ4n) is 7.32. The highest BCUT2D eigenvalue weighted by molar-refractivity contribution is 6.30. The smallest absolute Gasteiger partial charge is 0.230 e. The van der Waals surface area contributed by atoms with E-state index in [2.05, 4.69) is 48.5 Å². The number of carbonyl (C=O) groups excluding carboxylic acids is 2. The molecule has 3 aromatic rings. The number of hydrogen-bond donors (Lipinski definition) is 0. The second-order valence-corrected chi connectivity index (χ2v) is 11.7. The van der Waals surface area contributed by atoms with Gasteiger partial charge in [0.2, 0.25) is 5.78 Å². The largest absolute Gasteiger partial charge is 0.455 e. The molecule has 2 heterocycles. The van der Waals surface area contributed by atoms with Gasteiger partial charge in [-0.25, -0.2) is 0 Å².